The fourth-order valence-corrected chi connectivity index (χ4v) is 7.30. The summed E-state index contributed by atoms with van der Waals surface area (Å²) in [5, 5.41) is 29.0. The van der Waals surface area contributed by atoms with Crippen LogP contribution in [0, 0.1) is 11.3 Å². The number of fused-ring (bicyclic) bond motifs is 2. The lowest BCUT2D eigenvalue weighted by Gasteiger charge is -2.39. The summed E-state index contributed by atoms with van der Waals surface area (Å²) >= 11 is 0. The number of nitrogens with zero attached hydrogens (tertiary/aromatic N) is 7. The van der Waals surface area contributed by atoms with Gasteiger partial charge in [0.1, 0.15) is 6.04 Å². The molecular weight excluding hydrogens is 554 g/mol. The number of nitrogens with one attached hydrogen (secondary N) is 2. The van der Waals surface area contributed by atoms with Gasteiger partial charge in [0.2, 0.25) is 0 Å². The molecule has 6 rings (SSSR count). The van der Waals surface area contributed by atoms with Gasteiger partial charge in [-0.2, -0.15) is 10.5 Å². The van der Waals surface area contributed by atoms with E-state index < -0.39 is 5.41 Å². The smallest absolute Gasteiger partial charge is 0.253 e. The Balaban J connectivity index is 1.37. The van der Waals surface area contributed by atoms with Crippen molar-refractivity contribution in [3.05, 3.63) is 87.9 Å². The number of benzene rings is 2. The number of hydrogen-bond acceptors (Lipinski definition) is 8. The van der Waals surface area contributed by atoms with Gasteiger partial charge in [-0.25, -0.2) is 0 Å². The second-order valence-electron chi connectivity index (χ2n) is 12.7. The van der Waals surface area contributed by atoms with Crippen molar-refractivity contribution in [3.8, 4) is 6.07 Å². The van der Waals surface area contributed by atoms with E-state index in [-0.39, 0.29) is 23.4 Å². The molecule has 2 fully saturated rings. The molecule has 2 heterocycles. The summed E-state index contributed by atoms with van der Waals surface area (Å²) in [6.07, 6.45) is 5.33. The summed E-state index contributed by atoms with van der Waals surface area (Å²) in [6.45, 7) is 5.54. The standard InChI is InChI=1S/C33H39N9O2/c1-21(42-26(19-34)10-11-32(42)12-13-32)20-35-15-14-33(31-36-38-39-37-31)27-8-6-22(29(43)40(2)3)16-24(27)18-25-17-23(7-9-28(25)33)30(44)41(4)5/h6-9,16-17,26,35H,1,10-15,18,20H2,2-5H3,(H,36,37,38,39). The highest BCUT2D eigenvalue weighted by atomic mass is 16.2. The highest BCUT2D eigenvalue weighted by Gasteiger charge is 2.55. The van der Waals surface area contributed by atoms with Crippen molar-refractivity contribution in [1.29, 1.82) is 5.26 Å². The number of amides is 2. The van der Waals surface area contributed by atoms with E-state index in [4.69, 9.17) is 0 Å². The minimum atomic E-state index is -0.788. The zero-order valence-corrected chi connectivity index (χ0v) is 25.9. The molecule has 1 saturated carbocycles. The third-order valence-electron chi connectivity index (χ3n) is 9.57. The molecule has 2 aromatic carbocycles. The molecule has 0 radical (unpaired) electrons. The third-order valence-corrected chi connectivity index (χ3v) is 9.57. The molecule has 1 aliphatic heterocycles. The summed E-state index contributed by atoms with van der Waals surface area (Å²) in [4.78, 5) is 31.3. The van der Waals surface area contributed by atoms with Gasteiger partial charge in [-0.05, 0) is 91.6 Å². The van der Waals surface area contributed by atoms with Crippen LogP contribution >= 0.6 is 0 Å². The van der Waals surface area contributed by atoms with Crippen LogP contribution in [-0.2, 0) is 11.8 Å². The van der Waals surface area contributed by atoms with Gasteiger partial charge >= 0.3 is 0 Å². The predicted molar refractivity (Wildman–Crippen MR) is 165 cm³/mol. The lowest BCUT2D eigenvalue weighted by molar-refractivity contribution is 0.0820. The molecule has 11 heteroatoms. The highest BCUT2D eigenvalue weighted by molar-refractivity contribution is 5.95. The van der Waals surface area contributed by atoms with Crippen molar-refractivity contribution in [2.24, 2.45) is 0 Å². The van der Waals surface area contributed by atoms with Crippen LogP contribution in [0.4, 0.5) is 0 Å². The van der Waals surface area contributed by atoms with E-state index >= 15 is 0 Å². The Morgan fingerprint density at radius 1 is 1.05 bits per heavy atom. The lowest BCUT2D eigenvalue weighted by atomic mass is 9.63. The van der Waals surface area contributed by atoms with E-state index in [1.807, 2.05) is 36.4 Å². The van der Waals surface area contributed by atoms with Gasteiger partial charge < -0.3 is 20.0 Å². The molecule has 3 aliphatic rings. The number of aromatic amines is 1. The number of carbonyl (C=O) groups is 2. The second-order valence-corrected chi connectivity index (χ2v) is 12.7. The molecule has 3 aromatic rings. The molecule has 1 saturated heterocycles. The maximum Gasteiger partial charge on any atom is 0.253 e. The van der Waals surface area contributed by atoms with Gasteiger partial charge in [0.05, 0.1) is 11.5 Å². The number of carbonyl (C=O) groups excluding carboxylic acids is 2. The van der Waals surface area contributed by atoms with E-state index in [9.17, 15) is 14.9 Å². The van der Waals surface area contributed by atoms with Gasteiger partial charge in [0.25, 0.3) is 11.8 Å². The fourth-order valence-electron chi connectivity index (χ4n) is 7.30. The van der Waals surface area contributed by atoms with Crippen LogP contribution in [0.5, 0.6) is 0 Å². The molecule has 2 amide bonds. The third kappa shape index (κ3) is 4.83. The van der Waals surface area contributed by atoms with Gasteiger partial charge in [0, 0.05) is 57.1 Å². The first-order valence-corrected chi connectivity index (χ1v) is 15.1. The normalized spacial score (nSPS) is 18.7. The van der Waals surface area contributed by atoms with Gasteiger partial charge in [-0.15, -0.1) is 10.2 Å². The average Bonchev–Trinajstić information content (AvgIpc) is 3.40. The molecule has 1 aromatic heterocycles. The van der Waals surface area contributed by atoms with Crippen molar-refractivity contribution in [1.82, 2.24) is 40.6 Å². The molecule has 1 unspecified atom stereocenters. The van der Waals surface area contributed by atoms with Crippen LogP contribution < -0.4 is 5.32 Å². The largest absolute Gasteiger partial charge is 0.353 e. The monoisotopic (exact) mass is 593 g/mol. The van der Waals surface area contributed by atoms with Crippen LogP contribution in [0.2, 0.25) is 0 Å². The Hall–Kier alpha value is -4.56. The van der Waals surface area contributed by atoms with Gasteiger partial charge in [0.15, 0.2) is 5.82 Å². The highest BCUT2D eigenvalue weighted by Crippen LogP contribution is 2.53. The minimum Gasteiger partial charge on any atom is -0.353 e. The zero-order valence-electron chi connectivity index (χ0n) is 25.9. The van der Waals surface area contributed by atoms with E-state index in [1.54, 1.807) is 38.0 Å². The number of nitriles is 1. The van der Waals surface area contributed by atoms with E-state index in [1.165, 1.54) is 0 Å². The molecule has 228 valence electrons. The maximum absolute atomic E-state index is 13.0. The minimum absolute atomic E-state index is 0.0773. The summed E-state index contributed by atoms with van der Waals surface area (Å²) in [5.74, 6) is 0.373. The molecule has 2 aliphatic carbocycles. The molecular formula is C33H39N9O2. The average molecular weight is 594 g/mol. The number of hydrogen-bond donors (Lipinski definition) is 2. The Kier molecular flexibility index (Phi) is 7.49. The Bertz CT molecular complexity index is 1580. The van der Waals surface area contributed by atoms with Gasteiger partial charge in [-0.3, -0.25) is 9.59 Å². The van der Waals surface area contributed by atoms with Crippen molar-refractivity contribution < 1.29 is 9.59 Å². The van der Waals surface area contributed by atoms with Crippen molar-refractivity contribution in [3.63, 3.8) is 0 Å². The molecule has 1 atom stereocenters. The van der Waals surface area contributed by atoms with Crippen molar-refractivity contribution in [2.45, 2.75) is 55.5 Å². The lowest BCUT2D eigenvalue weighted by Crippen LogP contribution is -2.42. The van der Waals surface area contributed by atoms with E-state index in [0.717, 1.165) is 53.6 Å². The zero-order chi connectivity index (χ0) is 31.2. The van der Waals surface area contributed by atoms with Crippen LogP contribution in [0.3, 0.4) is 0 Å². The Labute approximate surface area is 257 Å². The molecule has 2 N–H and O–H groups in total. The Morgan fingerprint density at radius 3 is 2.16 bits per heavy atom. The number of likely N-dealkylation sites (tertiary alicyclic amines) is 1. The first kappa shape index (κ1) is 29.5. The number of H-pyrrole nitrogens is 1. The van der Waals surface area contributed by atoms with Crippen molar-refractivity contribution in [2.75, 3.05) is 41.3 Å². The first-order valence-electron chi connectivity index (χ1n) is 15.1. The Morgan fingerprint density at radius 2 is 1.66 bits per heavy atom. The van der Waals surface area contributed by atoms with E-state index in [0.29, 0.717) is 42.9 Å². The predicted octanol–water partition coefficient (Wildman–Crippen LogP) is 2.86. The van der Waals surface area contributed by atoms with Crippen LogP contribution in [0.15, 0.2) is 48.7 Å². The molecule has 44 heavy (non-hydrogen) atoms. The molecule has 0 bridgehead atoms. The number of rotatable bonds is 9. The van der Waals surface area contributed by atoms with Crippen molar-refractivity contribution >= 4 is 11.8 Å². The van der Waals surface area contributed by atoms with Crippen LogP contribution in [0.25, 0.3) is 0 Å². The van der Waals surface area contributed by atoms with Gasteiger partial charge in [-0.1, -0.05) is 23.9 Å². The summed E-state index contributed by atoms with van der Waals surface area (Å²) < 4.78 is 0. The van der Waals surface area contributed by atoms with Crippen LogP contribution in [0.1, 0.15) is 80.9 Å². The first-order chi connectivity index (χ1) is 21.1. The molecule has 1 spiro atoms. The van der Waals surface area contributed by atoms with Crippen LogP contribution in [-0.4, -0.2) is 100.0 Å². The molecule has 11 nitrogen and oxygen atoms in total. The summed E-state index contributed by atoms with van der Waals surface area (Å²) in [6, 6.07) is 14.0. The number of aromatic nitrogens is 4. The second kappa shape index (κ2) is 11.2. The quantitative estimate of drug-likeness (QED) is 0.362. The maximum atomic E-state index is 13.0. The summed E-state index contributed by atoms with van der Waals surface area (Å²) in [5.41, 5.74) is 5.46. The fraction of sp³-hybridized carbons (Fsp3) is 0.455. The van der Waals surface area contributed by atoms with E-state index in [2.05, 4.69) is 43.5 Å². The summed E-state index contributed by atoms with van der Waals surface area (Å²) in [7, 11) is 6.97. The topological polar surface area (TPSA) is 134 Å². The number of tetrazole rings is 1. The SMILES string of the molecule is C=C(CNCCC1(c2nn[nH]n2)c2ccc(C(=O)N(C)C)cc2Cc2cc(C(=O)N(C)C)ccc21)N1C(C#N)CCC12CC2.